The number of rotatable bonds is 6. The molecule has 0 spiro atoms. The van der Waals surface area contributed by atoms with Gasteiger partial charge in [-0.3, -0.25) is 4.79 Å². The highest BCUT2D eigenvalue weighted by Crippen LogP contribution is 2.35. The molecule has 150 valence electrons. The van der Waals surface area contributed by atoms with Gasteiger partial charge in [-0.1, -0.05) is 24.3 Å². The monoisotopic (exact) mass is 397 g/mol. The second kappa shape index (κ2) is 8.39. The fourth-order valence-electron chi connectivity index (χ4n) is 2.79. The number of fused-ring (bicyclic) bond motifs is 1. The Bertz CT molecular complexity index is 1080. The summed E-state index contributed by atoms with van der Waals surface area (Å²) in [5, 5.41) is 23.7. The van der Waals surface area contributed by atoms with Gasteiger partial charge < -0.3 is 29.7 Å². The van der Waals surface area contributed by atoms with Gasteiger partial charge in [-0.25, -0.2) is 4.79 Å². The van der Waals surface area contributed by atoms with Crippen molar-refractivity contribution >= 4 is 28.3 Å². The van der Waals surface area contributed by atoms with E-state index in [9.17, 15) is 19.8 Å². The highest BCUT2D eigenvalue weighted by atomic mass is 16.5. The normalized spacial score (nSPS) is 10.4. The molecule has 3 aromatic carbocycles. The molecule has 0 bridgehead atoms. The van der Waals surface area contributed by atoms with Crippen molar-refractivity contribution in [1.29, 1.82) is 0 Å². The van der Waals surface area contributed by atoms with E-state index in [4.69, 9.17) is 14.2 Å². The maximum Gasteiger partial charge on any atom is 0.342 e. The Hall–Kier alpha value is -3.94. The molecular formula is C21H19NO7. The number of nitrogens with one attached hydrogen (secondary N) is 1. The van der Waals surface area contributed by atoms with Gasteiger partial charge in [-0.2, -0.15) is 0 Å². The number of phenolic OH excluding ortho intramolecular Hbond substituents is 2. The minimum absolute atomic E-state index is 0.183. The summed E-state index contributed by atoms with van der Waals surface area (Å²) in [6.07, 6.45) is 0. The summed E-state index contributed by atoms with van der Waals surface area (Å²) in [6.45, 7) is -0.596. The lowest BCUT2D eigenvalue weighted by molar-refractivity contribution is -0.119. The van der Waals surface area contributed by atoms with Crippen molar-refractivity contribution < 1.29 is 34.0 Å². The number of phenols is 2. The number of esters is 1. The van der Waals surface area contributed by atoms with Gasteiger partial charge in [0.05, 0.1) is 19.9 Å². The molecule has 0 aliphatic rings. The quantitative estimate of drug-likeness (QED) is 0.433. The molecule has 0 atom stereocenters. The molecule has 8 heteroatoms. The second-order valence-corrected chi connectivity index (χ2v) is 6.03. The van der Waals surface area contributed by atoms with E-state index in [0.717, 1.165) is 6.07 Å². The first kappa shape index (κ1) is 19.8. The first-order valence-corrected chi connectivity index (χ1v) is 8.57. The van der Waals surface area contributed by atoms with E-state index >= 15 is 0 Å². The van der Waals surface area contributed by atoms with Crippen LogP contribution >= 0.6 is 0 Å². The zero-order chi connectivity index (χ0) is 21.0. The molecule has 8 nitrogen and oxygen atoms in total. The van der Waals surface area contributed by atoms with Gasteiger partial charge in [0.1, 0.15) is 28.6 Å². The minimum Gasteiger partial charge on any atom is -0.507 e. The Morgan fingerprint density at radius 2 is 1.69 bits per heavy atom. The van der Waals surface area contributed by atoms with E-state index in [1.54, 1.807) is 42.5 Å². The molecule has 3 rings (SSSR count). The van der Waals surface area contributed by atoms with E-state index in [1.165, 1.54) is 14.2 Å². The maximum absolute atomic E-state index is 12.3. The lowest BCUT2D eigenvalue weighted by Gasteiger charge is -2.12. The summed E-state index contributed by atoms with van der Waals surface area (Å²) in [5.74, 6) is -1.14. The molecule has 3 aromatic rings. The van der Waals surface area contributed by atoms with Gasteiger partial charge >= 0.3 is 5.97 Å². The van der Waals surface area contributed by atoms with Gasteiger partial charge in [0, 0.05) is 16.8 Å². The number of anilines is 1. The fraction of sp³-hybridized carbons (Fsp3) is 0.143. The number of carbonyl (C=O) groups is 2. The van der Waals surface area contributed by atoms with Crippen LogP contribution in [0.15, 0.2) is 48.5 Å². The number of methoxy groups -OCH3 is 2. The third-order valence-electron chi connectivity index (χ3n) is 4.23. The van der Waals surface area contributed by atoms with Gasteiger partial charge in [0.25, 0.3) is 5.91 Å². The highest BCUT2D eigenvalue weighted by molar-refractivity contribution is 6.04. The lowest BCUT2D eigenvalue weighted by atomic mass is 10.0. The maximum atomic E-state index is 12.3. The molecule has 0 unspecified atom stereocenters. The van der Waals surface area contributed by atoms with Crippen LogP contribution in [0.25, 0.3) is 10.8 Å². The summed E-state index contributed by atoms with van der Waals surface area (Å²) < 4.78 is 15.3. The number of hydrogen-bond acceptors (Lipinski definition) is 7. The third kappa shape index (κ3) is 4.16. The van der Waals surface area contributed by atoms with Crippen LogP contribution < -0.4 is 14.8 Å². The van der Waals surface area contributed by atoms with Crippen molar-refractivity contribution in [3.63, 3.8) is 0 Å². The number of carbonyl (C=O) groups excluding carboxylic acids is 2. The lowest BCUT2D eigenvalue weighted by Crippen LogP contribution is -2.21. The zero-order valence-corrected chi connectivity index (χ0v) is 15.8. The smallest absolute Gasteiger partial charge is 0.342 e. The summed E-state index contributed by atoms with van der Waals surface area (Å²) in [4.78, 5) is 24.5. The van der Waals surface area contributed by atoms with Crippen molar-refractivity contribution in [2.75, 3.05) is 26.1 Å². The summed E-state index contributed by atoms with van der Waals surface area (Å²) in [5.41, 5.74) is 0.136. The van der Waals surface area contributed by atoms with E-state index in [0.29, 0.717) is 28.0 Å². The number of benzene rings is 3. The Kier molecular flexibility index (Phi) is 5.73. The van der Waals surface area contributed by atoms with Crippen LogP contribution in [0.1, 0.15) is 10.4 Å². The van der Waals surface area contributed by atoms with Crippen molar-refractivity contribution in [3.05, 3.63) is 54.1 Å². The molecule has 0 aliphatic heterocycles. The van der Waals surface area contributed by atoms with E-state index in [-0.39, 0.29) is 17.1 Å². The topological polar surface area (TPSA) is 114 Å². The first-order chi connectivity index (χ1) is 13.9. The van der Waals surface area contributed by atoms with Crippen LogP contribution in [0, 0.1) is 0 Å². The van der Waals surface area contributed by atoms with Crippen molar-refractivity contribution in [3.8, 4) is 23.0 Å². The molecule has 0 fully saturated rings. The van der Waals surface area contributed by atoms with Crippen molar-refractivity contribution in [2.45, 2.75) is 0 Å². The Morgan fingerprint density at radius 1 is 0.966 bits per heavy atom. The molecule has 3 N–H and O–H groups in total. The number of aromatic hydroxyl groups is 2. The van der Waals surface area contributed by atoms with Gasteiger partial charge in [0.2, 0.25) is 0 Å². The van der Waals surface area contributed by atoms with Crippen LogP contribution in [0.5, 0.6) is 23.0 Å². The molecular weight excluding hydrogens is 378 g/mol. The van der Waals surface area contributed by atoms with Crippen molar-refractivity contribution in [1.82, 2.24) is 0 Å². The minimum atomic E-state index is -0.944. The summed E-state index contributed by atoms with van der Waals surface area (Å²) in [6, 6.07) is 12.4. The first-order valence-electron chi connectivity index (χ1n) is 8.57. The average molecular weight is 397 g/mol. The standard InChI is InChI=1S/C21H19NO7/c1-27-12-7-8-16(18(9-12)28-2)22-19(24)11-29-21(26)15-10-17(23)13-5-3-4-6-14(13)20(15)25/h3-10,23,25H,11H2,1-2H3,(H,22,24). The van der Waals surface area contributed by atoms with Crippen LogP contribution in [0.4, 0.5) is 5.69 Å². The van der Waals surface area contributed by atoms with Crippen LogP contribution in [0.3, 0.4) is 0 Å². The molecule has 0 heterocycles. The molecule has 1 amide bonds. The summed E-state index contributed by atoms with van der Waals surface area (Å²) >= 11 is 0. The van der Waals surface area contributed by atoms with E-state index < -0.39 is 18.5 Å². The zero-order valence-electron chi connectivity index (χ0n) is 15.8. The Balaban J connectivity index is 1.70. The summed E-state index contributed by atoms with van der Waals surface area (Å²) in [7, 11) is 2.95. The average Bonchev–Trinajstić information content (AvgIpc) is 2.74. The second-order valence-electron chi connectivity index (χ2n) is 6.03. The number of ether oxygens (including phenoxy) is 3. The van der Waals surface area contributed by atoms with Crippen LogP contribution in [0.2, 0.25) is 0 Å². The molecule has 0 aliphatic carbocycles. The molecule has 0 radical (unpaired) electrons. The number of hydrogen-bond donors (Lipinski definition) is 3. The van der Waals surface area contributed by atoms with E-state index in [2.05, 4.69) is 5.32 Å². The number of amides is 1. The van der Waals surface area contributed by atoms with Crippen LogP contribution in [-0.2, 0) is 9.53 Å². The molecule has 29 heavy (non-hydrogen) atoms. The molecule has 0 saturated carbocycles. The Morgan fingerprint density at radius 3 is 2.38 bits per heavy atom. The predicted octanol–water partition coefficient (Wildman–Crippen LogP) is 3.06. The third-order valence-corrected chi connectivity index (χ3v) is 4.23. The Labute approximate surface area is 166 Å². The van der Waals surface area contributed by atoms with Crippen LogP contribution in [-0.4, -0.2) is 42.9 Å². The van der Waals surface area contributed by atoms with E-state index in [1.807, 2.05) is 0 Å². The molecule has 0 saturated heterocycles. The largest absolute Gasteiger partial charge is 0.507 e. The van der Waals surface area contributed by atoms with Gasteiger partial charge in [0.15, 0.2) is 6.61 Å². The molecule has 0 aromatic heterocycles. The SMILES string of the molecule is COc1ccc(NC(=O)COC(=O)c2cc(O)c3ccccc3c2O)c(OC)c1. The van der Waals surface area contributed by atoms with Crippen molar-refractivity contribution in [2.24, 2.45) is 0 Å². The fourth-order valence-corrected chi connectivity index (χ4v) is 2.79. The highest BCUT2D eigenvalue weighted by Gasteiger charge is 2.19. The van der Waals surface area contributed by atoms with Gasteiger partial charge in [-0.05, 0) is 18.2 Å². The van der Waals surface area contributed by atoms with Gasteiger partial charge in [-0.15, -0.1) is 0 Å². The predicted molar refractivity (Wildman–Crippen MR) is 106 cm³/mol.